The van der Waals surface area contributed by atoms with E-state index in [9.17, 15) is 4.79 Å². The van der Waals surface area contributed by atoms with Gasteiger partial charge in [-0.2, -0.15) is 5.10 Å². The smallest absolute Gasteiger partial charge is 0.223 e. The van der Waals surface area contributed by atoms with E-state index in [1.807, 2.05) is 4.68 Å². The lowest BCUT2D eigenvalue weighted by Crippen LogP contribution is -2.51. The zero-order chi connectivity index (χ0) is 17.4. The lowest BCUT2D eigenvalue weighted by molar-refractivity contribution is -0.128. The van der Waals surface area contributed by atoms with Gasteiger partial charge in [0.15, 0.2) is 5.82 Å². The zero-order valence-corrected chi connectivity index (χ0v) is 15.0. The lowest BCUT2D eigenvalue weighted by atomic mass is 9.65. The van der Waals surface area contributed by atoms with Crippen LogP contribution < -0.4 is 11.1 Å². The Morgan fingerprint density at radius 1 is 1.32 bits per heavy atom. The maximum Gasteiger partial charge on any atom is 0.223 e. The second-order valence-electron chi connectivity index (χ2n) is 8.00. The number of nitrogens with zero attached hydrogens (tertiary/aromatic N) is 3. The Morgan fingerprint density at radius 3 is 2.80 bits per heavy atom. The third-order valence-corrected chi connectivity index (χ3v) is 6.31. The third kappa shape index (κ3) is 3.44. The molecule has 0 spiro atoms. The number of carbonyl (C=O) groups excluding carboxylic acids is 1. The number of hydrogen-bond donors (Lipinski definition) is 2. The summed E-state index contributed by atoms with van der Waals surface area (Å²) < 4.78 is 7.03. The number of rotatable bonds is 4. The van der Waals surface area contributed by atoms with E-state index in [1.165, 1.54) is 19.3 Å². The molecule has 25 heavy (non-hydrogen) atoms. The van der Waals surface area contributed by atoms with E-state index in [2.05, 4.69) is 15.4 Å². The first-order chi connectivity index (χ1) is 12.1. The van der Waals surface area contributed by atoms with Crippen molar-refractivity contribution in [3.63, 3.8) is 0 Å². The molecule has 1 aromatic rings. The van der Waals surface area contributed by atoms with Crippen LogP contribution in [0.4, 0.5) is 0 Å². The number of aromatic nitrogens is 3. The predicted molar refractivity (Wildman–Crippen MR) is 92.5 cm³/mol. The van der Waals surface area contributed by atoms with Crippen LogP contribution in [0.25, 0.3) is 0 Å². The van der Waals surface area contributed by atoms with Crippen LogP contribution >= 0.6 is 0 Å². The summed E-state index contributed by atoms with van der Waals surface area (Å²) in [5, 5.41) is 7.75. The van der Waals surface area contributed by atoms with Crippen LogP contribution in [-0.2, 0) is 29.1 Å². The number of nitrogens with one attached hydrogen (secondary N) is 1. The van der Waals surface area contributed by atoms with Gasteiger partial charge in [0.05, 0.1) is 6.54 Å². The monoisotopic (exact) mass is 347 g/mol. The Balaban J connectivity index is 1.35. The Kier molecular flexibility index (Phi) is 4.78. The van der Waals surface area contributed by atoms with Crippen molar-refractivity contribution >= 4 is 5.91 Å². The minimum absolute atomic E-state index is 0.135. The summed E-state index contributed by atoms with van der Waals surface area (Å²) in [6, 6.07) is 0.455. The number of ether oxygens (including phenoxy) is 1. The number of nitrogens with two attached hydrogens (primary N) is 1. The number of methoxy groups -OCH3 is 1. The molecule has 138 valence electrons. The highest BCUT2D eigenvalue weighted by Gasteiger charge is 2.41. The highest BCUT2D eigenvalue weighted by molar-refractivity contribution is 5.79. The summed E-state index contributed by atoms with van der Waals surface area (Å²) in [6.07, 6.45) is 7.35. The van der Waals surface area contributed by atoms with Crippen LogP contribution in [0.3, 0.4) is 0 Å². The molecule has 4 rings (SSSR count). The van der Waals surface area contributed by atoms with E-state index in [0.29, 0.717) is 31.0 Å². The molecule has 2 aliphatic carbocycles. The van der Waals surface area contributed by atoms with Gasteiger partial charge in [0.2, 0.25) is 5.91 Å². The molecule has 2 saturated carbocycles. The van der Waals surface area contributed by atoms with Crippen LogP contribution in [0.2, 0.25) is 0 Å². The van der Waals surface area contributed by atoms with Crippen molar-refractivity contribution in [1.82, 2.24) is 20.1 Å². The normalized spacial score (nSPS) is 34.4. The number of carbonyl (C=O) groups is 1. The number of aryl methyl sites for hydroxylation is 1. The first kappa shape index (κ1) is 17.0. The van der Waals surface area contributed by atoms with Crippen molar-refractivity contribution in [2.24, 2.45) is 23.5 Å². The highest BCUT2D eigenvalue weighted by atomic mass is 16.5. The van der Waals surface area contributed by atoms with Crippen molar-refractivity contribution in [2.45, 2.75) is 70.2 Å². The van der Waals surface area contributed by atoms with Crippen LogP contribution in [0.1, 0.15) is 50.2 Å². The van der Waals surface area contributed by atoms with Crippen molar-refractivity contribution in [3.8, 4) is 0 Å². The Bertz CT molecular complexity index is 617. The van der Waals surface area contributed by atoms with Gasteiger partial charge in [-0.25, -0.2) is 9.67 Å². The van der Waals surface area contributed by atoms with Gasteiger partial charge in [-0.05, 0) is 43.9 Å². The Hall–Kier alpha value is -1.47. The second-order valence-corrected chi connectivity index (χ2v) is 8.00. The zero-order valence-electron chi connectivity index (χ0n) is 15.0. The molecule has 2 heterocycles. The molecule has 2 fully saturated rings. The molecular weight excluding hydrogens is 318 g/mol. The molecule has 3 atom stereocenters. The standard InChI is InChI=1S/C18H29N5O2/c1-25-10-15-21-16-6-5-14(9-23(16)22-15)20-18(24)13-7-11-3-2-4-12(8-13)17(11)19/h11-14,17H,2-10,19H2,1H3,(H,20,24). The lowest BCUT2D eigenvalue weighted by Gasteiger charge is -2.43. The van der Waals surface area contributed by atoms with E-state index < -0.39 is 0 Å². The molecule has 2 bridgehead atoms. The van der Waals surface area contributed by atoms with Crippen molar-refractivity contribution in [1.29, 1.82) is 0 Å². The summed E-state index contributed by atoms with van der Waals surface area (Å²) >= 11 is 0. The third-order valence-electron chi connectivity index (χ3n) is 6.31. The SMILES string of the molecule is COCc1nc2n(n1)CC(NC(=O)C1CC3CCCC(C1)C3N)CC2. The largest absolute Gasteiger partial charge is 0.377 e. The molecule has 3 aliphatic rings. The van der Waals surface area contributed by atoms with E-state index in [1.54, 1.807) is 7.11 Å². The molecule has 7 heteroatoms. The predicted octanol–water partition coefficient (Wildman–Crippen LogP) is 1.01. The Morgan fingerprint density at radius 2 is 2.08 bits per heavy atom. The molecule has 7 nitrogen and oxygen atoms in total. The maximum absolute atomic E-state index is 12.8. The van der Waals surface area contributed by atoms with E-state index in [0.717, 1.165) is 37.3 Å². The first-order valence-electron chi connectivity index (χ1n) is 9.61. The Labute approximate surface area is 148 Å². The second kappa shape index (κ2) is 7.03. The number of fused-ring (bicyclic) bond motifs is 3. The van der Waals surface area contributed by atoms with Gasteiger partial charge in [0, 0.05) is 31.5 Å². The molecule has 3 N–H and O–H groups in total. The first-order valence-corrected chi connectivity index (χ1v) is 9.61. The van der Waals surface area contributed by atoms with E-state index in [4.69, 9.17) is 10.5 Å². The van der Waals surface area contributed by atoms with Gasteiger partial charge >= 0.3 is 0 Å². The van der Waals surface area contributed by atoms with E-state index in [-0.39, 0.29) is 17.9 Å². The maximum atomic E-state index is 12.8. The van der Waals surface area contributed by atoms with Crippen LogP contribution in [0, 0.1) is 17.8 Å². The fraction of sp³-hybridized carbons (Fsp3) is 0.833. The molecular formula is C18H29N5O2. The topological polar surface area (TPSA) is 95.1 Å². The van der Waals surface area contributed by atoms with Crippen LogP contribution in [-0.4, -0.2) is 39.9 Å². The summed E-state index contributed by atoms with van der Waals surface area (Å²) in [4.78, 5) is 17.3. The fourth-order valence-corrected chi connectivity index (χ4v) is 4.99. The minimum Gasteiger partial charge on any atom is -0.377 e. The van der Waals surface area contributed by atoms with Crippen LogP contribution in [0.5, 0.6) is 0 Å². The molecule has 0 saturated heterocycles. The molecule has 0 aromatic carbocycles. The van der Waals surface area contributed by atoms with Gasteiger partial charge < -0.3 is 15.8 Å². The summed E-state index contributed by atoms with van der Waals surface area (Å²) in [7, 11) is 1.65. The summed E-state index contributed by atoms with van der Waals surface area (Å²) in [6.45, 7) is 1.14. The number of hydrogen-bond acceptors (Lipinski definition) is 5. The van der Waals surface area contributed by atoms with Crippen molar-refractivity contribution < 1.29 is 9.53 Å². The molecule has 0 radical (unpaired) electrons. The molecule has 1 amide bonds. The number of amides is 1. The van der Waals surface area contributed by atoms with Gasteiger partial charge in [0.1, 0.15) is 12.4 Å². The van der Waals surface area contributed by atoms with Crippen molar-refractivity contribution in [3.05, 3.63) is 11.6 Å². The van der Waals surface area contributed by atoms with Gasteiger partial charge in [-0.15, -0.1) is 0 Å². The molecule has 1 aliphatic heterocycles. The average Bonchev–Trinajstić information content (AvgIpc) is 2.96. The van der Waals surface area contributed by atoms with Crippen LogP contribution in [0.15, 0.2) is 0 Å². The highest BCUT2D eigenvalue weighted by Crippen LogP contribution is 2.41. The minimum atomic E-state index is 0.135. The summed E-state index contributed by atoms with van der Waals surface area (Å²) in [5.74, 6) is 3.14. The van der Waals surface area contributed by atoms with E-state index >= 15 is 0 Å². The molecule has 3 unspecified atom stereocenters. The van der Waals surface area contributed by atoms with Crippen molar-refractivity contribution in [2.75, 3.05) is 7.11 Å². The quantitative estimate of drug-likeness (QED) is 0.847. The van der Waals surface area contributed by atoms with Gasteiger partial charge in [-0.1, -0.05) is 6.42 Å². The molecule has 1 aromatic heterocycles. The average molecular weight is 347 g/mol. The summed E-state index contributed by atoms with van der Waals surface area (Å²) in [5.41, 5.74) is 6.35. The van der Waals surface area contributed by atoms with Gasteiger partial charge in [0.25, 0.3) is 0 Å². The fourth-order valence-electron chi connectivity index (χ4n) is 4.99. The van der Waals surface area contributed by atoms with Gasteiger partial charge in [-0.3, -0.25) is 4.79 Å².